The van der Waals surface area contributed by atoms with Gasteiger partial charge in [0.2, 0.25) is 0 Å². The van der Waals surface area contributed by atoms with Crippen molar-refractivity contribution in [1.29, 1.82) is 0 Å². The summed E-state index contributed by atoms with van der Waals surface area (Å²) in [6, 6.07) is 17.1. The highest BCUT2D eigenvalue weighted by molar-refractivity contribution is 14.1. The monoisotopic (exact) mass is 434 g/mol. The van der Waals surface area contributed by atoms with E-state index in [-0.39, 0.29) is 0 Å². The lowest BCUT2D eigenvalue weighted by Gasteiger charge is -2.21. The molecule has 0 radical (unpaired) electrons. The molecule has 1 N–H and O–H groups in total. The smallest absolute Gasteiger partial charge is 0.162 e. The van der Waals surface area contributed by atoms with Crippen LogP contribution in [0.4, 0.5) is 5.69 Å². The fraction of sp³-hybridized carbons (Fsp3) is 0.316. The molecule has 1 heterocycles. The Balaban J connectivity index is 1.53. The van der Waals surface area contributed by atoms with Crippen molar-refractivity contribution in [3.63, 3.8) is 0 Å². The van der Waals surface area contributed by atoms with Gasteiger partial charge in [-0.15, -0.1) is 0 Å². The Bertz CT molecular complexity index is 733. The minimum Gasteiger partial charge on any atom is -0.358 e. The number of halogens is 1. The highest BCUT2D eigenvalue weighted by Crippen LogP contribution is 2.38. The molecule has 0 bridgehead atoms. The van der Waals surface area contributed by atoms with E-state index in [4.69, 9.17) is 4.99 Å². The Hall–Kier alpha value is -1.01. The minimum absolute atomic E-state index is 0.337. The van der Waals surface area contributed by atoms with E-state index < -0.39 is 0 Å². The van der Waals surface area contributed by atoms with E-state index in [1.54, 1.807) is 0 Å². The second-order valence-electron chi connectivity index (χ2n) is 6.34. The molecular weight excluding hydrogens is 415 g/mol. The van der Waals surface area contributed by atoms with Crippen LogP contribution < -0.4 is 5.32 Å². The van der Waals surface area contributed by atoms with Gasteiger partial charge in [-0.1, -0.05) is 54.9 Å². The van der Waals surface area contributed by atoms with Crippen LogP contribution in [0.5, 0.6) is 0 Å². The summed E-state index contributed by atoms with van der Waals surface area (Å²) in [6.45, 7) is 0. The van der Waals surface area contributed by atoms with Crippen molar-refractivity contribution < 1.29 is 0 Å². The summed E-state index contributed by atoms with van der Waals surface area (Å²) < 4.78 is 1.28. The van der Waals surface area contributed by atoms with E-state index in [2.05, 4.69) is 76.4 Å². The normalized spacial score (nSPS) is 21.0. The van der Waals surface area contributed by atoms with Crippen LogP contribution in [-0.4, -0.2) is 16.5 Å². The number of nitrogens with zero attached hydrogens (tertiary/aromatic N) is 1. The van der Waals surface area contributed by atoms with Crippen molar-refractivity contribution in [3.05, 3.63) is 52.1 Å². The lowest BCUT2D eigenvalue weighted by molar-refractivity contribution is 0.453. The van der Waals surface area contributed by atoms with Gasteiger partial charge in [0.15, 0.2) is 5.17 Å². The van der Waals surface area contributed by atoms with Gasteiger partial charge in [-0.25, -0.2) is 4.99 Å². The van der Waals surface area contributed by atoms with Crippen molar-refractivity contribution in [2.45, 2.75) is 31.2 Å². The zero-order chi connectivity index (χ0) is 15.7. The van der Waals surface area contributed by atoms with Gasteiger partial charge in [0.1, 0.15) is 0 Å². The zero-order valence-electron chi connectivity index (χ0n) is 12.9. The van der Waals surface area contributed by atoms with Gasteiger partial charge in [-0.3, -0.25) is 0 Å². The summed E-state index contributed by atoms with van der Waals surface area (Å²) in [7, 11) is 0. The molecule has 2 fully saturated rings. The van der Waals surface area contributed by atoms with Crippen LogP contribution in [-0.2, 0) is 0 Å². The van der Waals surface area contributed by atoms with Crippen LogP contribution in [0.1, 0.15) is 25.7 Å². The van der Waals surface area contributed by atoms with Crippen LogP contribution in [0.15, 0.2) is 53.5 Å². The molecule has 2 aliphatic rings. The summed E-state index contributed by atoms with van der Waals surface area (Å²) in [5.74, 6) is 1.17. The first-order chi connectivity index (χ1) is 11.2. The van der Waals surface area contributed by atoms with Crippen molar-refractivity contribution in [2.24, 2.45) is 4.99 Å². The first-order valence-corrected chi connectivity index (χ1v) is 10.2. The molecule has 23 heavy (non-hydrogen) atoms. The summed E-state index contributed by atoms with van der Waals surface area (Å²) in [5, 5.41) is 4.77. The Morgan fingerprint density at radius 3 is 2.48 bits per heavy atom. The van der Waals surface area contributed by atoms with E-state index in [1.165, 1.54) is 46.1 Å². The molecule has 4 rings (SSSR count). The maximum atomic E-state index is 4.80. The predicted octanol–water partition coefficient (Wildman–Crippen LogP) is 5.59. The zero-order valence-corrected chi connectivity index (χ0v) is 15.9. The maximum absolute atomic E-state index is 4.80. The molecule has 0 atom stereocenters. The first kappa shape index (κ1) is 15.5. The molecule has 0 unspecified atom stereocenters. The average Bonchev–Trinajstić information content (AvgIpc) is 3.19. The first-order valence-electron chi connectivity index (χ1n) is 8.09. The number of hydrogen-bond acceptors (Lipinski definition) is 2. The second-order valence-corrected chi connectivity index (χ2v) is 8.47. The molecule has 0 amide bonds. The average molecular weight is 434 g/mol. The topological polar surface area (TPSA) is 24.4 Å². The quantitative estimate of drug-likeness (QED) is 0.623. The summed E-state index contributed by atoms with van der Waals surface area (Å²) in [5.41, 5.74) is 3.90. The van der Waals surface area contributed by atoms with E-state index in [0.29, 0.717) is 5.54 Å². The molecule has 118 valence electrons. The third-order valence-corrected chi connectivity index (χ3v) is 6.81. The molecule has 1 aliphatic heterocycles. The third-order valence-electron chi connectivity index (χ3n) is 4.70. The van der Waals surface area contributed by atoms with Crippen molar-refractivity contribution in [2.75, 3.05) is 5.75 Å². The summed E-state index contributed by atoms with van der Waals surface area (Å²) >= 11 is 4.26. The Labute approximate surface area is 155 Å². The lowest BCUT2D eigenvalue weighted by Crippen LogP contribution is -2.40. The largest absolute Gasteiger partial charge is 0.358 e. The van der Waals surface area contributed by atoms with Crippen molar-refractivity contribution in [3.8, 4) is 11.1 Å². The molecule has 2 aromatic rings. The van der Waals surface area contributed by atoms with Crippen LogP contribution in [0.3, 0.4) is 0 Å². The van der Waals surface area contributed by atoms with E-state index in [1.807, 2.05) is 11.8 Å². The van der Waals surface area contributed by atoms with Gasteiger partial charge in [0.05, 0.1) is 5.69 Å². The fourth-order valence-corrected chi connectivity index (χ4v) is 5.35. The number of thioether (sulfide) groups is 1. The number of amidine groups is 1. The third kappa shape index (κ3) is 3.29. The maximum Gasteiger partial charge on any atom is 0.162 e. The van der Waals surface area contributed by atoms with Crippen LogP contribution in [0.25, 0.3) is 11.1 Å². The highest BCUT2D eigenvalue weighted by Gasteiger charge is 2.39. The molecule has 1 saturated heterocycles. The molecule has 1 spiro atoms. The van der Waals surface area contributed by atoms with Gasteiger partial charge in [-0.05, 0) is 64.8 Å². The standard InChI is InChI=1S/C19H19IN2S/c20-17-6-2-1-5-16(17)14-7-9-15(10-8-14)21-18-22-19(13-23-18)11-3-4-12-19/h1-2,5-10H,3-4,11-13H2,(H,21,22). The number of benzene rings is 2. The van der Waals surface area contributed by atoms with Gasteiger partial charge in [0.25, 0.3) is 0 Å². The van der Waals surface area contributed by atoms with Gasteiger partial charge in [-0.2, -0.15) is 0 Å². The minimum atomic E-state index is 0.337. The molecule has 4 heteroatoms. The van der Waals surface area contributed by atoms with Crippen LogP contribution in [0, 0.1) is 3.57 Å². The molecule has 2 nitrogen and oxygen atoms in total. The number of rotatable bonds is 2. The Morgan fingerprint density at radius 1 is 1.00 bits per heavy atom. The number of hydrogen-bond donors (Lipinski definition) is 1. The van der Waals surface area contributed by atoms with Crippen LogP contribution in [0.2, 0.25) is 0 Å². The van der Waals surface area contributed by atoms with E-state index in [0.717, 1.165) is 10.9 Å². The van der Waals surface area contributed by atoms with Crippen molar-refractivity contribution >= 4 is 45.2 Å². The van der Waals surface area contributed by atoms with E-state index >= 15 is 0 Å². The molecule has 1 aliphatic carbocycles. The lowest BCUT2D eigenvalue weighted by atomic mass is 10.0. The molecule has 0 aromatic heterocycles. The molecule has 1 saturated carbocycles. The number of nitrogens with one attached hydrogen (secondary N) is 1. The second kappa shape index (κ2) is 6.48. The highest BCUT2D eigenvalue weighted by atomic mass is 127. The number of aliphatic imine (C=N–C) groups is 1. The Morgan fingerprint density at radius 2 is 1.74 bits per heavy atom. The van der Waals surface area contributed by atoms with Gasteiger partial charge in [0, 0.05) is 14.9 Å². The SMILES string of the molecule is Ic1ccccc1-c1ccc(/N=C2\NC3(CCCC3)CS2)cc1. The molecular formula is C19H19IN2S. The van der Waals surface area contributed by atoms with Gasteiger partial charge >= 0.3 is 0 Å². The predicted molar refractivity (Wildman–Crippen MR) is 108 cm³/mol. The van der Waals surface area contributed by atoms with Crippen LogP contribution >= 0.6 is 34.4 Å². The van der Waals surface area contributed by atoms with Crippen molar-refractivity contribution in [1.82, 2.24) is 5.32 Å². The Kier molecular flexibility index (Phi) is 4.37. The van der Waals surface area contributed by atoms with Gasteiger partial charge < -0.3 is 5.32 Å². The molecule has 2 aromatic carbocycles. The van der Waals surface area contributed by atoms with E-state index in [9.17, 15) is 0 Å². The summed E-state index contributed by atoms with van der Waals surface area (Å²) in [4.78, 5) is 4.80. The summed E-state index contributed by atoms with van der Waals surface area (Å²) in [6.07, 6.45) is 5.30. The fourth-order valence-electron chi connectivity index (χ4n) is 3.41.